The normalized spacial score (nSPS) is 10.9. The van der Waals surface area contributed by atoms with Crippen molar-refractivity contribution in [3.05, 3.63) is 94.6 Å². The third-order valence-electron chi connectivity index (χ3n) is 5.02. The van der Waals surface area contributed by atoms with Crippen molar-refractivity contribution in [3.8, 4) is 0 Å². The lowest BCUT2D eigenvalue weighted by Gasteiger charge is -2.12. The first-order chi connectivity index (χ1) is 14.5. The van der Waals surface area contributed by atoms with Crippen LogP contribution >= 0.6 is 0 Å². The van der Waals surface area contributed by atoms with Crippen LogP contribution in [0.2, 0.25) is 0 Å². The van der Waals surface area contributed by atoms with E-state index in [1.165, 1.54) is 5.56 Å². The molecule has 6 nitrogen and oxygen atoms in total. The van der Waals surface area contributed by atoms with Gasteiger partial charge in [0.1, 0.15) is 0 Å². The van der Waals surface area contributed by atoms with Crippen molar-refractivity contribution in [1.29, 1.82) is 0 Å². The summed E-state index contributed by atoms with van der Waals surface area (Å²) in [7, 11) is 0. The van der Waals surface area contributed by atoms with Gasteiger partial charge in [0.15, 0.2) is 0 Å². The van der Waals surface area contributed by atoms with E-state index in [0.717, 1.165) is 28.3 Å². The number of fused-ring (bicyclic) bond motifs is 1. The molecule has 0 radical (unpaired) electrons. The van der Waals surface area contributed by atoms with Gasteiger partial charge in [-0.15, -0.1) is 0 Å². The number of carbonyl (C=O) groups is 1. The molecule has 0 fully saturated rings. The fourth-order valence-electron chi connectivity index (χ4n) is 3.41. The highest BCUT2D eigenvalue weighted by Crippen LogP contribution is 2.17. The van der Waals surface area contributed by atoms with E-state index in [-0.39, 0.29) is 5.91 Å². The van der Waals surface area contributed by atoms with Gasteiger partial charge in [-0.05, 0) is 44.5 Å². The zero-order chi connectivity index (χ0) is 21.1. The number of nitrogens with zero attached hydrogens (tertiary/aromatic N) is 3. The molecule has 0 saturated heterocycles. The van der Waals surface area contributed by atoms with E-state index in [1.54, 1.807) is 0 Å². The second kappa shape index (κ2) is 8.37. The number of rotatable bonds is 6. The Hall–Kier alpha value is -3.67. The topological polar surface area (TPSA) is 71.3 Å². The molecule has 152 valence electrons. The first-order valence-corrected chi connectivity index (χ1v) is 9.98. The molecule has 6 heteroatoms. The first kappa shape index (κ1) is 19.6. The van der Waals surface area contributed by atoms with Gasteiger partial charge in [-0.1, -0.05) is 42.0 Å². The number of anilines is 1. The predicted octanol–water partition coefficient (Wildman–Crippen LogP) is 4.20. The van der Waals surface area contributed by atoms with Gasteiger partial charge in [0.25, 0.3) is 5.91 Å². The van der Waals surface area contributed by atoms with Crippen molar-refractivity contribution in [1.82, 2.24) is 19.7 Å². The monoisotopic (exact) mass is 399 g/mol. The van der Waals surface area contributed by atoms with Gasteiger partial charge < -0.3 is 10.6 Å². The van der Waals surface area contributed by atoms with Gasteiger partial charge >= 0.3 is 0 Å². The maximum absolute atomic E-state index is 12.8. The highest BCUT2D eigenvalue weighted by molar-refractivity contribution is 5.99. The number of nitrogens with one attached hydrogen (secondary N) is 2. The molecule has 0 spiro atoms. The molecule has 0 aliphatic heterocycles. The first-order valence-electron chi connectivity index (χ1n) is 9.98. The number of imidazole rings is 1. The third-order valence-corrected chi connectivity index (χ3v) is 5.02. The zero-order valence-electron chi connectivity index (χ0n) is 17.4. The Morgan fingerprint density at radius 3 is 2.53 bits per heavy atom. The molecule has 0 saturated carbocycles. The summed E-state index contributed by atoms with van der Waals surface area (Å²) < 4.78 is 1.98. The molecule has 0 unspecified atom stereocenters. The van der Waals surface area contributed by atoms with Gasteiger partial charge in [0.05, 0.1) is 17.8 Å². The van der Waals surface area contributed by atoms with Crippen LogP contribution < -0.4 is 10.6 Å². The molecular formula is C24H25N5O. The number of hydrogen-bond acceptors (Lipinski definition) is 4. The van der Waals surface area contributed by atoms with E-state index in [4.69, 9.17) is 0 Å². The standard InChI is InChI=1S/C24H25N5O/c1-16-8-10-19(11-9-16)13-26-23(30)21-6-4-5-7-22(21)25-14-20-15-29-18(3)12-17(2)27-24(29)28-20/h4-12,15,25H,13-14H2,1-3H3,(H,26,30). The molecule has 30 heavy (non-hydrogen) atoms. The van der Waals surface area contributed by atoms with Crippen LogP contribution in [0.5, 0.6) is 0 Å². The Morgan fingerprint density at radius 1 is 0.967 bits per heavy atom. The van der Waals surface area contributed by atoms with Crippen LogP contribution in [0.25, 0.3) is 5.78 Å². The minimum absolute atomic E-state index is 0.109. The molecule has 2 aromatic heterocycles. The summed E-state index contributed by atoms with van der Waals surface area (Å²) in [4.78, 5) is 21.8. The maximum atomic E-state index is 12.8. The quantitative estimate of drug-likeness (QED) is 0.510. The minimum Gasteiger partial charge on any atom is -0.379 e. The van der Waals surface area contributed by atoms with Crippen molar-refractivity contribution in [2.75, 3.05) is 5.32 Å². The predicted molar refractivity (Wildman–Crippen MR) is 119 cm³/mol. The largest absolute Gasteiger partial charge is 0.379 e. The number of para-hydroxylation sites is 1. The molecule has 0 atom stereocenters. The molecule has 0 bridgehead atoms. The Balaban J connectivity index is 1.46. The van der Waals surface area contributed by atoms with E-state index in [9.17, 15) is 4.79 Å². The van der Waals surface area contributed by atoms with Crippen molar-refractivity contribution < 1.29 is 4.79 Å². The van der Waals surface area contributed by atoms with Gasteiger partial charge in [0, 0.05) is 29.8 Å². The summed E-state index contributed by atoms with van der Waals surface area (Å²) >= 11 is 0. The average molecular weight is 399 g/mol. The molecule has 4 rings (SSSR count). The molecule has 2 N–H and O–H groups in total. The van der Waals surface area contributed by atoms with Gasteiger partial charge in [-0.3, -0.25) is 9.20 Å². The van der Waals surface area contributed by atoms with Crippen LogP contribution in [0.4, 0.5) is 5.69 Å². The fourth-order valence-corrected chi connectivity index (χ4v) is 3.41. The minimum atomic E-state index is -0.109. The smallest absolute Gasteiger partial charge is 0.253 e. The summed E-state index contributed by atoms with van der Waals surface area (Å²) in [5.74, 6) is 0.579. The summed E-state index contributed by atoms with van der Waals surface area (Å²) in [6.45, 7) is 7.04. The van der Waals surface area contributed by atoms with Crippen LogP contribution in [0, 0.1) is 20.8 Å². The number of aromatic nitrogens is 3. The molecular weight excluding hydrogens is 374 g/mol. The van der Waals surface area contributed by atoms with Gasteiger partial charge in [0.2, 0.25) is 5.78 Å². The van der Waals surface area contributed by atoms with Crippen molar-refractivity contribution in [3.63, 3.8) is 0 Å². The maximum Gasteiger partial charge on any atom is 0.253 e. The highest BCUT2D eigenvalue weighted by Gasteiger charge is 2.12. The summed E-state index contributed by atoms with van der Waals surface area (Å²) in [5, 5.41) is 6.35. The lowest BCUT2D eigenvalue weighted by Crippen LogP contribution is -2.24. The number of carbonyl (C=O) groups excluding carboxylic acids is 1. The van der Waals surface area contributed by atoms with Crippen molar-refractivity contribution >= 4 is 17.4 Å². The zero-order valence-corrected chi connectivity index (χ0v) is 17.4. The second-order valence-corrected chi connectivity index (χ2v) is 7.51. The van der Waals surface area contributed by atoms with E-state index < -0.39 is 0 Å². The van der Waals surface area contributed by atoms with Gasteiger partial charge in [-0.25, -0.2) is 9.97 Å². The number of hydrogen-bond donors (Lipinski definition) is 2. The van der Waals surface area contributed by atoms with E-state index in [2.05, 4.69) is 20.6 Å². The van der Waals surface area contributed by atoms with E-state index in [0.29, 0.717) is 24.4 Å². The Labute approximate surface area is 176 Å². The number of amides is 1. The van der Waals surface area contributed by atoms with Crippen molar-refractivity contribution in [2.45, 2.75) is 33.9 Å². The molecule has 1 amide bonds. The molecule has 2 heterocycles. The van der Waals surface area contributed by atoms with Crippen molar-refractivity contribution in [2.24, 2.45) is 0 Å². The molecule has 2 aromatic carbocycles. The van der Waals surface area contributed by atoms with E-state index in [1.807, 2.05) is 86.0 Å². The highest BCUT2D eigenvalue weighted by atomic mass is 16.1. The SMILES string of the molecule is Cc1ccc(CNC(=O)c2ccccc2NCc2cn3c(C)cc(C)nc3n2)cc1. The average Bonchev–Trinajstić information content (AvgIpc) is 3.15. The summed E-state index contributed by atoms with van der Waals surface area (Å²) in [6.07, 6.45) is 1.98. The molecule has 4 aromatic rings. The summed E-state index contributed by atoms with van der Waals surface area (Å²) in [5.41, 5.74) is 6.56. The number of benzene rings is 2. The van der Waals surface area contributed by atoms with E-state index >= 15 is 0 Å². The Morgan fingerprint density at radius 2 is 1.73 bits per heavy atom. The lowest BCUT2D eigenvalue weighted by molar-refractivity contribution is 0.0951. The van der Waals surface area contributed by atoms with Crippen LogP contribution in [-0.2, 0) is 13.1 Å². The van der Waals surface area contributed by atoms with Crippen LogP contribution in [0.3, 0.4) is 0 Å². The van der Waals surface area contributed by atoms with Crippen LogP contribution in [0.15, 0.2) is 60.8 Å². The lowest BCUT2D eigenvalue weighted by atomic mass is 10.1. The third kappa shape index (κ3) is 4.33. The molecule has 0 aliphatic carbocycles. The Bertz CT molecular complexity index is 1190. The fraction of sp³-hybridized carbons (Fsp3) is 0.208. The Kier molecular flexibility index (Phi) is 5.48. The van der Waals surface area contributed by atoms with Gasteiger partial charge in [-0.2, -0.15) is 0 Å². The van der Waals surface area contributed by atoms with Crippen LogP contribution in [-0.4, -0.2) is 20.3 Å². The summed E-state index contributed by atoms with van der Waals surface area (Å²) in [6, 6.07) is 17.7. The second-order valence-electron chi connectivity index (χ2n) is 7.51. The molecule has 0 aliphatic rings. The van der Waals surface area contributed by atoms with Crippen LogP contribution in [0.1, 0.15) is 38.6 Å². The number of aryl methyl sites for hydroxylation is 3.